The highest BCUT2D eigenvalue weighted by Gasteiger charge is 2.08. The summed E-state index contributed by atoms with van der Waals surface area (Å²) < 4.78 is 0. The van der Waals surface area contributed by atoms with E-state index in [0.29, 0.717) is 5.56 Å². The van der Waals surface area contributed by atoms with E-state index in [2.05, 4.69) is 10.9 Å². The van der Waals surface area contributed by atoms with Gasteiger partial charge >= 0.3 is 0 Å². The van der Waals surface area contributed by atoms with E-state index in [9.17, 15) is 14.9 Å². The average Bonchev–Trinajstić information content (AvgIpc) is 2.46. The summed E-state index contributed by atoms with van der Waals surface area (Å²) in [5, 5.41) is 10.5. The standard InChI is InChI=1S/C14H13N3O3/c1-10-2-6-12(7-3-10)15-16-14(18)11-4-8-13(9-5-11)17(19)20/h2-9,15H,1H3,(H,16,18). The van der Waals surface area contributed by atoms with Crippen LogP contribution in [0.3, 0.4) is 0 Å². The van der Waals surface area contributed by atoms with E-state index in [1.807, 2.05) is 31.2 Å². The lowest BCUT2D eigenvalue weighted by molar-refractivity contribution is -0.384. The van der Waals surface area contributed by atoms with Crippen molar-refractivity contribution in [2.45, 2.75) is 6.92 Å². The minimum Gasteiger partial charge on any atom is -0.298 e. The number of rotatable bonds is 4. The number of hydrazine groups is 1. The summed E-state index contributed by atoms with van der Waals surface area (Å²) in [7, 11) is 0. The zero-order valence-electron chi connectivity index (χ0n) is 10.8. The predicted octanol–water partition coefficient (Wildman–Crippen LogP) is 2.66. The third-order valence-electron chi connectivity index (χ3n) is 2.71. The van der Waals surface area contributed by atoms with Crippen LogP contribution in [0.4, 0.5) is 11.4 Å². The van der Waals surface area contributed by atoms with Crippen LogP contribution in [0.2, 0.25) is 0 Å². The molecule has 0 bridgehead atoms. The molecule has 0 aromatic heterocycles. The third kappa shape index (κ3) is 3.32. The Morgan fingerprint density at radius 2 is 1.65 bits per heavy atom. The summed E-state index contributed by atoms with van der Waals surface area (Å²) in [5.41, 5.74) is 7.47. The topological polar surface area (TPSA) is 84.3 Å². The van der Waals surface area contributed by atoms with E-state index in [4.69, 9.17) is 0 Å². The molecule has 0 unspecified atom stereocenters. The first-order valence-electron chi connectivity index (χ1n) is 5.94. The van der Waals surface area contributed by atoms with Gasteiger partial charge in [0.2, 0.25) is 0 Å². The molecule has 6 heteroatoms. The van der Waals surface area contributed by atoms with Gasteiger partial charge in [-0.05, 0) is 31.2 Å². The van der Waals surface area contributed by atoms with Gasteiger partial charge in [0.05, 0.1) is 10.6 Å². The quantitative estimate of drug-likeness (QED) is 0.661. The number of hydrogen-bond donors (Lipinski definition) is 2. The van der Waals surface area contributed by atoms with Gasteiger partial charge in [0.15, 0.2) is 0 Å². The van der Waals surface area contributed by atoms with Crippen molar-refractivity contribution in [2.75, 3.05) is 5.43 Å². The van der Waals surface area contributed by atoms with Crippen molar-refractivity contribution in [3.05, 3.63) is 69.8 Å². The Labute approximate surface area is 115 Å². The van der Waals surface area contributed by atoms with E-state index in [-0.39, 0.29) is 11.6 Å². The summed E-state index contributed by atoms with van der Waals surface area (Å²) in [6.07, 6.45) is 0. The number of non-ortho nitro benzene ring substituents is 1. The van der Waals surface area contributed by atoms with Crippen LogP contribution in [-0.2, 0) is 0 Å². The average molecular weight is 271 g/mol. The number of carbonyl (C=O) groups excluding carboxylic acids is 1. The highest BCUT2D eigenvalue weighted by Crippen LogP contribution is 2.12. The zero-order valence-corrected chi connectivity index (χ0v) is 10.8. The molecule has 0 fully saturated rings. The van der Waals surface area contributed by atoms with Crippen molar-refractivity contribution < 1.29 is 9.72 Å². The summed E-state index contributed by atoms with van der Waals surface area (Å²) in [4.78, 5) is 21.8. The molecule has 0 saturated heterocycles. The fourth-order valence-electron chi connectivity index (χ4n) is 1.57. The van der Waals surface area contributed by atoms with Crippen LogP contribution >= 0.6 is 0 Å². The molecular formula is C14H13N3O3. The number of hydrogen-bond acceptors (Lipinski definition) is 4. The van der Waals surface area contributed by atoms with Gasteiger partial charge in [-0.15, -0.1) is 0 Å². The molecule has 0 spiro atoms. The summed E-state index contributed by atoms with van der Waals surface area (Å²) in [6.45, 7) is 1.97. The molecule has 2 aromatic rings. The fraction of sp³-hybridized carbons (Fsp3) is 0.0714. The number of aryl methyl sites for hydroxylation is 1. The Bertz CT molecular complexity index is 621. The highest BCUT2D eigenvalue weighted by atomic mass is 16.6. The van der Waals surface area contributed by atoms with Gasteiger partial charge in [0.25, 0.3) is 11.6 Å². The van der Waals surface area contributed by atoms with Gasteiger partial charge < -0.3 is 0 Å². The molecule has 0 aliphatic rings. The summed E-state index contributed by atoms with van der Waals surface area (Å²) in [5.74, 6) is -0.361. The first-order chi connectivity index (χ1) is 9.56. The fourth-order valence-corrected chi connectivity index (χ4v) is 1.57. The largest absolute Gasteiger partial charge is 0.298 e. The molecule has 0 atom stereocenters. The van der Waals surface area contributed by atoms with Crippen LogP contribution in [-0.4, -0.2) is 10.8 Å². The van der Waals surface area contributed by atoms with Crippen LogP contribution in [0.15, 0.2) is 48.5 Å². The summed E-state index contributed by atoms with van der Waals surface area (Å²) >= 11 is 0. The van der Waals surface area contributed by atoms with Gasteiger partial charge in [0, 0.05) is 17.7 Å². The number of nitro benzene ring substituents is 1. The normalized spacial score (nSPS) is 9.85. The third-order valence-corrected chi connectivity index (χ3v) is 2.71. The molecule has 0 saturated carbocycles. The van der Waals surface area contributed by atoms with E-state index in [1.54, 1.807) is 0 Å². The minimum absolute atomic E-state index is 0.0481. The molecule has 6 nitrogen and oxygen atoms in total. The molecule has 0 heterocycles. The van der Waals surface area contributed by atoms with Crippen molar-refractivity contribution in [3.63, 3.8) is 0 Å². The second-order valence-corrected chi connectivity index (χ2v) is 4.25. The highest BCUT2D eigenvalue weighted by molar-refractivity contribution is 5.95. The smallest absolute Gasteiger partial charge is 0.269 e. The van der Waals surface area contributed by atoms with Crippen molar-refractivity contribution in [2.24, 2.45) is 0 Å². The molecule has 20 heavy (non-hydrogen) atoms. The lowest BCUT2D eigenvalue weighted by atomic mass is 10.2. The van der Waals surface area contributed by atoms with Gasteiger partial charge in [-0.1, -0.05) is 17.7 Å². The Balaban J connectivity index is 1.97. The molecule has 0 radical (unpaired) electrons. The summed E-state index contributed by atoms with van der Waals surface area (Å²) in [6, 6.07) is 12.9. The van der Waals surface area contributed by atoms with E-state index in [0.717, 1.165) is 11.3 Å². The zero-order chi connectivity index (χ0) is 14.5. The number of carbonyl (C=O) groups is 1. The monoisotopic (exact) mass is 271 g/mol. The van der Waals surface area contributed by atoms with E-state index >= 15 is 0 Å². The van der Waals surface area contributed by atoms with Gasteiger partial charge in [-0.3, -0.25) is 25.8 Å². The van der Waals surface area contributed by atoms with Crippen molar-refractivity contribution in [3.8, 4) is 0 Å². The number of nitrogens with zero attached hydrogens (tertiary/aromatic N) is 1. The molecule has 0 aliphatic heterocycles. The molecule has 1 amide bonds. The number of nitrogens with one attached hydrogen (secondary N) is 2. The molecule has 102 valence electrons. The van der Waals surface area contributed by atoms with Crippen LogP contribution < -0.4 is 10.9 Å². The van der Waals surface area contributed by atoms with Crippen molar-refractivity contribution >= 4 is 17.3 Å². The number of benzene rings is 2. The lowest BCUT2D eigenvalue weighted by Crippen LogP contribution is -2.29. The van der Waals surface area contributed by atoms with Crippen LogP contribution in [0.25, 0.3) is 0 Å². The first kappa shape index (κ1) is 13.5. The second-order valence-electron chi connectivity index (χ2n) is 4.25. The van der Waals surface area contributed by atoms with Crippen LogP contribution in [0.5, 0.6) is 0 Å². The lowest BCUT2D eigenvalue weighted by Gasteiger charge is -2.08. The molecule has 2 aromatic carbocycles. The number of amides is 1. The Hall–Kier alpha value is -2.89. The van der Waals surface area contributed by atoms with Crippen molar-refractivity contribution in [1.29, 1.82) is 0 Å². The SMILES string of the molecule is Cc1ccc(NNC(=O)c2ccc([N+](=O)[O-])cc2)cc1. The van der Waals surface area contributed by atoms with Gasteiger partial charge in [-0.2, -0.15) is 0 Å². The Morgan fingerprint density at radius 1 is 1.05 bits per heavy atom. The number of anilines is 1. The Morgan fingerprint density at radius 3 is 2.20 bits per heavy atom. The maximum absolute atomic E-state index is 11.8. The van der Waals surface area contributed by atoms with Gasteiger partial charge in [0.1, 0.15) is 0 Å². The maximum atomic E-state index is 11.8. The van der Waals surface area contributed by atoms with Crippen LogP contribution in [0.1, 0.15) is 15.9 Å². The molecular weight excluding hydrogens is 258 g/mol. The van der Waals surface area contributed by atoms with Crippen molar-refractivity contribution in [1.82, 2.24) is 5.43 Å². The maximum Gasteiger partial charge on any atom is 0.269 e. The molecule has 2 rings (SSSR count). The van der Waals surface area contributed by atoms with Crippen LogP contribution in [0, 0.1) is 17.0 Å². The number of nitro groups is 1. The second kappa shape index (κ2) is 5.83. The predicted molar refractivity (Wildman–Crippen MR) is 75.4 cm³/mol. The molecule has 0 aliphatic carbocycles. The van der Waals surface area contributed by atoms with E-state index in [1.165, 1.54) is 24.3 Å². The van der Waals surface area contributed by atoms with Gasteiger partial charge in [-0.25, -0.2) is 0 Å². The molecule has 2 N–H and O–H groups in total. The van der Waals surface area contributed by atoms with E-state index < -0.39 is 4.92 Å². The minimum atomic E-state index is -0.508. The Kier molecular flexibility index (Phi) is 3.95. The first-order valence-corrected chi connectivity index (χ1v) is 5.94.